The van der Waals surface area contributed by atoms with Gasteiger partial charge >= 0.3 is 0 Å². The summed E-state index contributed by atoms with van der Waals surface area (Å²) in [5.41, 5.74) is 5.03. The number of hydrogen-bond donors (Lipinski definition) is 1. The van der Waals surface area contributed by atoms with Crippen molar-refractivity contribution in [3.05, 3.63) is 71.6 Å². The summed E-state index contributed by atoms with van der Waals surface area (Å²) in [4.78, 5) is 5.34. The largest absolute Gasteiger partial charge is 0.497 e. The summed E-state index contributed by atoms with van der Waals surface area (Å²) >= 11 is 1.53. The molecule has 0 radical (unpaired) electrons. The minimum absolute atomic E-state index is 0.475. The molecule has 30 heavy (non-hydrogen) atoms. The highest BCUT2D eigenvalue weighted by atomic mass is 32.1. The van der Waals surface area contributed by atoms with E-state index in [0.29, 0.717) is 11.8 Å². The number of benzene rings is 2. The van der Waals surface area contributed by atoms with Crippen molar-refractivity contribution in [1.82, 2.24) is 24.8 Å². The van der Waals surface area contributed by atoms with Crippen molar-refractivity contribution >= 4 is 28.1 Å². The van der Waals surface area contributed by atoms with E-state index in [1.807, 2.05) is 58.4 Å². The second-order valence-electron chi connectivity index (χ2n) is 6.78. The Morgan fingerprint density at radius 1 is 0.967 bits per heavy atom. The summed E-state index contributed by atoms with van der Waals surface area (Å²) in [5.74, 6) is 1.87. The van der Waals surface area contributed by atoms with Crippen LogP contribution in [0, 0.1) is 6.92 Å². The van der Waals surface area contributed by atoms with Crippen LogP contribution in [0.2, 0.25) is 0 Å². The molecule has 0 aliphatic carbocycles. The van der Waals surface area contributed by atoms with E-state index in [-0.39, 0.29) is 0 Å². The van der Waals surface area contributed by atoms with Gasteiger partial charge in [-0.25, -0.2) is 4.52 Å². The third kappa shape index (κ3) is 3.48. The molecule has 5 rings (SSSR count). The van der Waals surface area contributed by atoms with Crippen molar-refractivity contribution in [1.29, 1.82) is 0 Å². The Labute approximate surface area is 177 Å². The zero-order valence-corrected chi connectivity index (χ0v) is 17.2. The second kappa shape index (κ2) is 7.57. The second-order valence-corrected chi connectivity index (χ2v) is 7.61. The number of fused-ring (bicyclic) bond motifs is 1. The highest BCUT2D eigenvalue weighted by Crippen LogP contribution is 2.28. The third-order valence-corrected chi connectivity index (χ3v) is 5.52. The Bertz CT molecular complexity index is 1310. The lowest BCUT2D eigenvalue weighted by molar-refractivity contribution is 0.415. The van der Waals surface area contributed by atoms with Gasteiger partial charge in [0, 0.05) is 16.5 Å². The average Bonchev–Trinajstić information content (AvgIpc) is 3.35. The normalized spacial score (nSPS) is 11.0. The number of ether oxygens (including phenoxy) is 1. The molecule has 0 spiro atoms. The number of nitrogens with one attached hydrogen (secondary N) is 1. The van der Waals surface area contributed by atoms with Gasteiger partial charge in [-0.05, 0) is 31.2 Å². The molecule has 2 aromatic carbocycles. The number of hydrogen-bond acceptors (Lipinski definition) is 7. The first-order valence-electron chi connectivity index (χ1n) is 9.36. The van der Waals surface area contributed by atoms with Gasteiger partial charge in [-0.2, -0.15) is 4.98 Å². The molecule has 0 unspecified atom stereocenters. The predicted molar refractivity (Wildman–Crippen MR) is 118 cm³/mol. The average molecular weight is 414 g/mol. The molecule has 5 aromatic rings. The van der Waals surface area contributed by atoms with Gasteiger partial charge in [-0.1, -0.05) is 42.0 Å². The Morgan fingerprint density at radius 3 is 2.60 bits per heavy atom. The fourth-order valence-corrected chi connectivity index (χ4v) is 3.94. The van der Waals surface area contributed by atoms with Crippen LogP contribution in [0.5, 0.6) is 5.75 Å². The highest BCUT2D eigenvalue weighted by molar-refractivity contribution is 7.15. The lowest BCUT2D eigenvalue weighted by Crippen LogP contribution is -1.98. The number of rotatable bonds is 5. The maximum absolute atomic E-state index is 5.33. The molecule has 0 saturated carbocycles. The zero-order valence-electron chi connectivity index (χ0n) is 16.4. The fourth-order valence-electron chi connectivity index (χ4n) is 3.11. The standard InChI is InChI=1S/C22H18N6OS/c1-14-6-8-15(9-7-14)18-10-11-20(26-25-18)23-21-24-22-28(27-21)19(13-30-22)16-4-3-5-17(12-16)29-2/h3-13H,1-2H3,(H,23,26,27). The molecule has 148 valence electrons. The van der Waals surface area contributed by atoms with Crippen LogP contribution in [0.25, 0.3) is 27.5 Å². The molecule has 0 aliphatic rings. The van der Waals surface area contributed by atoms with Crippen molar-refractivity contribution in [3.8, 4) is 28.3 Å². The summed E-state index contributed by atoms with van der Waals surface area (Å²) in [6, 6.07) is 19.9. The summed E-state index contributed by atoms with van der Waals surface area (Å²) in [6.07, 6.45) is 0. The molecular weight excluding hydrogens is 396 g/mol. The van der Waals surface area contributed by atoms with E-state index < -0.39 is 0 Å². The van der Waals surface area contributed by atoms with Crippen molar-refractivity contribution in [2.24, 2.45) is 0 Å². The van der Waals surface area contributed by atoms with E-state index in [1.165, 1.54) is 16.9 Å². The zero-order chi connectivity index (χ0) is 20.5. The van der Waals surface area contributed by atoms with Crippen LogP contribution in [-0.4, -0.2) is 31.9 Å². The Morgan fingerprint density at radius 2 is 1.83 bits per heavy atom. The number of aromatic nitrogens is 5. The van der Waals surface area contributed by atoms with Gasteiger partial charge in [-0.15, -0.1) is 26.6 Å². The first-order valence-corrected chi connectivity index (χ1v) is 10.2. The first kappa shape index (κ1) is 18.3. The molecule has 0 saturated heterocycles. The highest BCUT2D eigenvalue weighted by Gasteiger charge is 2.13. The van der Waals surface area contributed by atoms with Gasteiger partial charge in [0.15, 0.2) is 5.82 Å². The molecule has 7 nitrogen and oxygen atoms in total. The van der Waals surface area contributed by atoms with Crippen LogP contribution in [0.3, 0.4) is 0 Å². The van der Waals surface area contributed by atoms with Crippen LogP contribution in [0.15, 0.2) is 66.0 Å². The Kier molecular flexibility index (Phi) is 4.61. The van der Waals surface area contributed by atoms with Crippen LogP contribution in [-0.2, 0) is 0 Å². The van der Waals surface area contributed by atoms with Gasteiger partial charge in [0.05, 0.1) is 18.5 Å². The summed E-state index contributed by atoms with van der Waals surface area (Å²) in [7, 11) is 1.66. The molecule has 1 N–H and O–H groups in total. The van der Waals surface area contributed by atoms with Crippen molar-refractivity contribution in [2.75, 3.05) is 12.4 Å². The molecule has 0 bridgehead atoms. The van der Waals surface area contributed by atoms with E-state index in [4.69, 9.17) is 4.74 Å². The van der Waals surface area contributed by atoms with E-state index in [9.17, 15) is 0 Å². The van der Waals surface area contributed by atoms with E-state index in [1.54, 1.807) is 7.11 Å². The molecule has 0 fully saturated rings. The minimum atomic E-state index is 0.475. The molecule has 8 heteroatoms. The van der Waals surface area contributed by atoms with Crippen molar-refractivity contribution in [2.45, 2.75) is 6.92 Å². The Hall–Kier alpha value is -3.78. The van der Waals surface area contributed by atoms with Crippen LogP contribution in [0.4, 0.5) is 11.8 Å². The van der Waals surface area contributed by atoms with Crippen molar-refractivity contribution < 1.29 is 4.74 Å². The quantitative estimate of drug-likeness (QED) is 0.437. The van der Waals surface area contributed by atoms with Crippen LogP contribution in [0.1, 0.15) is 5.56 Å². The van der Waals surface area contributed by atoms with Gasteiger partial charge in [-0.3, -0.25) is 0 Å². The van der Waals surface area contributed by atoms with E-state index >= 15 is 0 Å². The fraction of sp³-hybridized carbons (Fsp3) is 0.0909. The summed E-state index contributed by atoms with van der Waals surface area (Å²) in [6.45, 7) is 2.06. The van der Waals surface area contributed by atoms with Gasteiger partial charge in [0.2, 0.25) is 10.9 Å². The molecule has 0 aliphatic heterocycles. The number of methoxy groups -OCH3 is 1. The van der Waals surface area contributed by atoms with E-state index in [0.717, 1.165) is 33.2 Å². The molecule has 0 amide bonds. The number of anilines is 2. The maximum atomic E-state index is 5.33. The minimum Gasteiger partial charge on any atom is -0.497 e. The predicted octanol–water partition coefficient (Wildman–Crippen LogP) is 4.98. The van der Waals surface area contributed by atoms with Gasteiger partial charge in [0.25, 0.3) is 0 Å². The van der Waals surface area contributed by atoms with Gasteiger partial charge < -0.3 is 10.1 Å². The van der Waals surface area contributed by atoms with Crippen LogP contribution < -0.4 is 10.1 Å². The smallest absolute Gasteiger partial charge is 0.249 e. The van der Waals surface area contributed by atoms with Crippen molar-refractivity contribution in [3.63, 3.8) is 0 Å². The third-order valence-electron chi connectivity index (χ3n) is 4.70. The molecule has 3 aromatic heterocycles. The lowest BCUT2D eigenvalue weighted by atomic mass is 10.1. The summed E-state index contributed by atoms with van der Waals surface area (Å²) in [5, 5.41) is 18.3. The number of nitrogens with zero attached hydrogens (tertiary/aromatic N) is 5. The molecule has 3 heterocycles. The Balaban J connectivity index is 1.39. The van der Waals surface area contributed by atoms with Gasteiger partial charge in [0.1, 0.15) is 5.75 Å². The SMILES string of the molecule is COc1cccc(-c2csc3nc(Nc4ccc(-c5ccc(C)cc5)nn4)nn23)c1. The lowest BCUT2D eigenvalue weighted by Gasteiger charge is -2.04. The molecule has 0 atom stereocenters. The first-order chi connectivity index (χ1) is 14.7. The monoisotopic (exact) mass is 414 g/mol. The topological polar surface area (TPSA) is 77.2 Å². The number of aryl methyl sites for hydroxylation is 1. The molecular formula is C22H18N6OS. The van der Waals surface area contributed by atoms with E-state index in [2.05, 4.69) is 44.7 Å². The number of thiazole rings is 1. The van der Waals surface area contributed by atoms with Crippen LogP contribution >= 0.6 is 11.3 Å². The summed E-state index contributed by atoms with van der Waals surface area (Å²) < 4.78 is 7.14. The maximum Gasteiger partial charge on any atom is 0.249 e.